The van der Waals surface area contributed by atoms with Crippen LogP contribution in [0.1, 0.15) is 19.3 Å². The first-order valence-electron chi connectivity index (χ1n) is 3.95. The second kappa shape index (κ2) is 3.63. The summed E-state index contributed by atoms with van der Waals surface area (Å²) in [7, 11) is 2.10. The van der Waals surface area contributed by atoms with Gasteiger partial charge in [-0.05, 0) is 25.8 Å². The van der Waals surface area contributed by atoms with Gasteiger partial charge in [-0.15, -0.1) is 6.42 Å². The molecule has 0 aromatic heterocycles. The Morgan fingerprint density at radius 1 is 1.60 bits per heavy atom. The Bertz CT molecular complexity index is 130. The van der Waals surface area contributed by atoms with E-state index in [4.69, 9.17) is 6.42 Å². The van der Waals surface area contributed by atoms with Crippen LogP contribution in [0, 0.1) is 18.3 Å². The van der Waals surface area contributed by atoms with Gasteiger partial charge in [0.25, 0.3) is 0 Å². The van der Waals surface area contributed by atoms with E-state index in [0.717, 1.165) is 12.5 Å². The van der Waals surface area contributed by atoms with Crippen LogP contribution in [0.3, 0.4) is 0 Å². The minimum atomic E-state index is 0.802. The van der Waals surface area contributed by atoms with Crippen LogP contribution in [-0.4, -0.2) is 25.0 Å². The lowest BCUT2D eigenvalue weighted by molar-refractivity contribution is 0.220. The summed E-state index contributed by atoms with van der Waals surface area (Å²) in [5, 5.41) is 0. The standard InChI is InChI=1S/C9H15N/c1-3-7-10(2)8-9-5-4-6-9/h1,9H,4-8H2,2H3. The Morgan fingerprint density at radius 3 is 2.70 bits per heavy atom. The summed E-state index contributed by atoms with van der Waals surface area (Å²) in [6.45, 7) is 2.00. The zero-order valence-electron chi connectivity index (χ0n) is 6.64. The zero-order chi connectivity index (χ0) is 7.40. The van der Waals surface area contributed by atoms with E-state index in [1.54, 1.807) is 0 Å². The van der Waals surface area contributed by atoms with Crippen molar-refractivity contribution in [3.8, 4) is 12.3 Å². The summed E-state index contributed by atoms with van der Waals surface area (Å²) >= 11 is 0. The Kier molecular flexibility index (Phi) is 2.77. The molecule has 1 fully saturated rings. The van der Waals surface area contributed by atoms with Crippen molar-refractivity contribution in [1.29, 1.82) is 0 Å². The van der Waals surface area contributed by atoms with Crippen molar-refractivity contribution in [3.63, 3.8) is 0 Å². The molecule has 0 radical (unpaired) electrons. The summed E-state index contributed by atoms with van der Waals surface area (Å²) in [6.07, 6.45) is 9.42. The number of rotatable bonds is 3. The second-order valence-corrected chi connectivity index (χ2v) is 3.20. The molecule has 0 heterocycles. The van der Waals surface area contributed by atoms with Gasteiger partial charge in [-0.2, -0.15) is 0 Å². The maximum absolute atomic E-state index is 5.17. The smallest absolute Gasteiger partial charge is 0.0596 e. The average molecular weight is 137 g/mol. The van der Waals surface area contributed by atoms with E-state index in [1.165, 1.54) is 25.8 Å². The number of terminal acetylenes is 1. The van der Waals surface area contributed by atoms with Gasteiger partial charge in [0.05, 0.1) is 6.54 Å². The molecular formula is C9H15N. The highest BCUT2D eigenvalue weighted by molar-refractivity contribution is 4.88. The SMILES string of the molecule is C#CCN(C)CC1CCC1. The summed E-state index contributed by atoms with van der Waals surface area (Å²) in [4.78, 5) is 2.23. The van der Waals surface area contributed by atoms with Crippen molar-refractivity contribution in [1.82, 2.24) is 4.90 Å². The third-order valence-corrected chi connectivity index (χ3v) is 2.16. The van der Waals surface area contributed by atoms with Crippen LogP contribution in [0.2, 0.25) is 0 Å². The topological polar surface area (TPSA) is 3.24 Å². The highest BCUT2D eigenvalue weighted by Gasteiger charge is 2.18. The van der Waals surface area contributed by atoms with Crippen LogP contribution in [-0.2, 0) is 0 Å². The minimum absolute atomic E-state index is 0.802. The van der Waals surface area contributed by atoms with E-state index in [9.17, 15) is 0 Å². The van der Waals surface area contributed by atoms with Gasteiger partial charge in [0.15, 0.2) is 0 Å². The van der Waals surface area contributed by atoms with E-state index in [-0.39, 0.29) is 0 Å². The lowest BCUT2D eigenvalue weighted by Gasteiger charge is -2.29. The first-order valence-corrected chi connectivity index (χ1v) is 3.95. The quantitative estimate of drug-likeness (QED) is 0.531. The highest BCUT2D eigenvalue weighted by Crippen LogP contribution is 2.26. The molecule has 0 amide bonds. The fourth-order valence-electron chi connectivity index (χ4n) is 1.34. The van der Waals surface area contributed by atoms with Crippen molar-refractivity contribution in [2.24, 2.45) is 5.92 Å². The molecule has 10 heavy (non-hydrogen) atoms. The van der Waals surface area contributed by atoms with E-state index in [0.29, 0.717) is 0 Å². The fourth-order valence-corrected chi connectivity index (χ4v) is 1.34. The van der Waals surface area contributed by atoms with Gasteiger partial charge in [0.1, 0.15) is 0 Å². The highest BCUT2D eigenvalue weighted by atomic mass is 15.1. The van der Waals surface area contributed by atoms with E-state index in [1.807, 2.05) is 0 Å². The van der Waals surface area contributed by atoms with Crippen LogP contribution < -0.4 is 0 Å². The van der Waals surface area contributed by atoms with Crippen molar-refractivity contribution in [2.75, 3.05) is 20.1 Å². The first-order chi connectivity index (χ1) is 4.83. The van der Waals surface area contributed by atoms with Gasteiger partial charge in [0.2, 0.25) is 0 Å². The molecule has 0 aromatic rings. The fraction of sp³-hybridized carbons (Fsp3) is 0.778. The summed E-state index contributed by atoms with van der Waals surface area (Å²) in [5.41, 5.74) is 0. The monoisotopic (exact) mass is 137 g/mol. The van der Waals surface area contributed by atoms with Crippen molar-refractivity contribution >= 4 is 0 Å². The van der Waals surface area contributed by atoms with E-state index in [2.05, 4.69) is 17.9 Å². The van der Waals surface area contributed by atoms with E-state index < -0.39 is 0 Å². The minimum Gasteiger partial charge on any atom is -0.295 e. The first kappa shape index (κ1) is 7.63. The molecule has 0 atom stereocenters. The summed E-state index contributed by atoms with van der Waals surface area (Å²) < 4.78 is 0. The van der Waals surface area contributed by atoms with Gasteiger partial charge in [-0.3, -0.25) is 4.90 Å². The predicted octanol–water partition coefficient (Wildman–Crippen LogP) is 1.35. The summed E-state index contributed by atoms with van der Waals surface area (Å²) in [5.74, 6) is 3.59. The molecule has 1 saturated carbocycles. The molecule has 0 spiro atoms. The van der Waals surface area contributed by atoms with Gasteiger partial charge in [-0.25, -0.2) is 0 Å². The number of nitrogens with zero attached hydrogens (tertiary/aromatic N) is 1. The molecule has 1 rings (SSSR count). The molecule has 0 aliphatic heterocycles. The van der Waals surface area contributed by atoms with Crippen molar-refractivity contribution in [3.05, 3.63) is 0 Å². The molecule has 56 valence electrons. The molecule has 0 bridgehead atoms. The molecule has 0 unspecified atom stereocenters. The molecular weight excluding hydrogens is 122 g/mol. The number of hydrogen-bond acceptors (Lipinski definition) is 1. The third-order valence-electron chi connectivity index (χ3n) is 2.16. The molecule has 1 aliphatic carbocycles. The van der Waals surface area contributed by atoms with Gasteiger partial charge in [-0.1, -0.05) is 12.3 Å². The molecule has 1 aliphatic rings. The zero-order valence-corrected chi connectivity index (χ0v) is 6.64. The summed E-state index contributed by atoms with van der Waals surface area (Å²) in [6, 6.07) is 0. The maximum atomic E-state index is 5.17. The molecule has 1 nitrogen and oxygen atoms in total. The molecule has 0 saturated heterocycles. The van der Waals surface area contributed by atoms with Crippen LogP contribution in [0.5, 0.6) is 0 Å². The van der Waals surface area contributed by atoms with Crippen LogP contribution in [0.4, 0.5) is 0 Å². The van der Waals surface area contributed by atoms with Crippen molar-refractivity contribution in [2.45, 2.75) is 19.3 Å². The maximum Gasteiger partial charge on any atom is 0.0596 e. The Labute approximate surface area is 63.4 Å². The van der Waals surface area contributed by atoms with Gasteiger partial charge in [0, 0.05) is 6.54 Å². The van der Waals surface area contributed by atoms with Crippen LogP contribution in [0.15, 0.2) is 0 Å². The van der Waals surface area contributed by atoms with Crippen LogP contribution >= 0.6 is 0 Å². The number of hydrogen-bond donors (Lipinski definition) is 0. The lowest BCUT2D eigenvalue weighted by Crippen LogP contribution is -2.29. The molecule has 0 aromatic carbocycles. The van der Waals surface area contributed by atoms with E-state index >= 15 is 0 Å². The van der Waals surface area contributed by atoms with Gasteiger partial charge < -0.3 is 0 Å². The molecule has 0 N–H and O–H groups in total. The largest absolute Gasteiger partial charge is 0.295 e. The normalized spacial score (nSPS) is 18.5. The lowest BCUT2D eigenvalue weighted by atomic mass is 9.85. The van der Waals surface area contributed by atoms with Gasteiger partial charge >= 0.3 is 0 Å². The van der Waals surface area contributed by atoms with Crippen LogP contribution in [0.25, 0.3) is 0 Å². The Hall–Kier alpha value is -0.480. The second-order valence-electron chi connectivity index (χ2n) is 3.20. The third kappa shape index (κ3) is 2.04. The van der Waals surface area contributed by atoms with Crippen molar-refractivity contribution < 1.29 is 0 Å². The average Bonchev–Trinajstić information content (AvgIpc) is 1.80. The Morgan fingerprint density at radius 2 is 2.30 bits per heavy atom. The Balaban J connectivity index is 2.06. The molecule has 1 heteroatoms. The predicted molar refractivity (Wildman–Crippen MR) is 43.7 cm³/mol.